The van der Waals surface area contributed by atoms with Crippen molar-refractivity contribution in [2.75, 3.05) is 6.23 Å². The second kappa shape index (κ2) is 35.2. The number of carbonyl (C=O) groups is 2. The fourth-order valence-electron chi connectivity index (χ4n) is 6.97. The van der Waals surface area contributed by atoms with E-state index in [0.29, 0.717) is 6.23 Å². The predicted molar refractivity (Wildman–Crippen MR) is 203 cm³/mol. The second-order valence-corrected chi connectivity index (χ2v) is 19.4. The van der Waals surface area contributed by atoms with E-state index in [0.717, 1.165) is 12.2 Å². The molecule has 0 aromatic rings. The van der Waals surface area contributed by atoms with Crippen molar-refractivity contribution in [2.45, 2.75) is 232 Å². The molecule has 0 aliphatic heterocycles. The van der Waals surface area contributed by atoms with E-state index in [-0.39, 0.29) is 0 Å². The number of ether oxygens (including phenoxy) is 1. The van der Waals surface area contributed by atoms with Gasteiger partial charge in [-0.25, -0.2) is 9.59 Å². The van der Waals surface area contributed by atoms with E-state index in [2.05, 4.69) is 20.8 Å². The molecule has 0 rings (SSSR count). The van der Waals surface area contributed by atoms with E-state index in [1.807, 2.05) is 0 Å². The Bertz CT molecular complexity index is 632. The Morgan fingerprint density at radius 2 is 0.696 bits per heavy atom. The maximum atomic E-state index is 12.5. The maximum Gasteiger partial charge on any atom is 0.330 e. The smallest absolute Gasteiger partial charge is 0.330 e. The number of carboxylic acid groups (broad SMARTS) is 1. The molecule has 0 amide bonds. The molecule has 0 heterocycles. The van der Waals surface area contributed by atoms with E-state index < -0.39 is 20.0 Å². The van der Waals surface area contributed by atoms with E-state index >= 15 is 0 Å². The molecule has 0 aromatic heterocycles. The minimum absolute atomic E-state index is 0.478. The summed E-state index contributed by atoms with van der Waals surface area (Å²) in [4.78, 5) is 23.4. The molecule has 0 saturated carbocycles. The van der Waals surface area contributed by atoms with Crippen LogP contribution in [-0.4, -0.2) is 31.3 Å². The summed E-state index contributed by atoms with van der Waals surface area (Å²) in [5.74, 6) is -1.57. The van der Waals surface area contributed by atoms with Crippen LogP contribution in [0, 0.1) is 0 Å². The van der Waals surface area contributed by atoms with Crippen molar-refractivity contribution in [3.8, 4) is 0 Å². The number of unbranched alkanes of at least 4 members (excludes halogenated alkanes) is 27. The lowest BCUT2D eigenvalue weighted by atomic mass is 10.1. The fourth-order valence-corrected chi connectivity index (χ4v) is 11.6. The first-order valence-corrected chi connectivity index (χ1v) is 23.4. The third-order valence-electron chi connectivity index (χ3n) is 10.1. The highest BCUT2D eigenvalue weighted by Crippen LogP contribution is 2.31. The van der Waals surface area contributed by atoms with Crippen molar-refractivity contribution >= 4 is 20.0 Å². The minimum atomic E-state index is -1.81. The third kappa shape index (κ3) is 31.5. The lowest BCUT2D eigenvalue weighted by Gasteiger charge is -2.32. The first-order valence-electron chi connectivity index (χ1n) is 20.6. The summed E-state index contributed by atoms with van der Waals surface area (Å²) in [5, 5.41) is 8.98. The quantitative estimate of drug-likeness (QED) is 0.0311. The van der Waals surface area contributed by atoms with Gasteiger partial charge in [0, 0.05) is 12.2 Å². The molecule has 0 saturated heterocycles. The summed E-state index contributed by atoms with van der Waals surface area (Å²) in [7, 11) is -1.81. The van der Waals surface area contributed by atoms with Crippen LogP contribution in [0.4, 0.5) is 0 Å². The van der Waals surface area contributed by atoms with Crippen molar-refractivity contribution < 1.29 is 19.4 Å². The topological polar surface area (TPSA) is 63.6 Å². The second-order valence-electron chi connectivity index (χ2n) is 14.6. The molecular weight excluding hydrogens is 585 g/mol. The summed E-state index contributed by atoms with van der Waals surface area (Å²) in [5.41, 5.74) is 0. The number of hydrogen-bond acceptors (Lipinski definition) is 3. The summed E-state index contributed by atoms with van der Waals surface area (Å²) in [6.45, 7) is 6.85. The molecule has 272 valence electrons. The number of rotatable bonds is 37. The molecular formula is C41H80O4Si. The van der Waals surface area contributed by atoms with Crippen LogP contribution in [0.3, 0.4) is 0 Å². The van der Waals surface area contributed by atoms with E-state index in [9.17, 15) is 9.59 Å². The molecule has 5 heteroatoms. The molecule has 0 aromatic carbocycles. The zero-order valence-corrected chi connectivity index (χ0v) is 32.4. The lowest BCUT2D eigenvalue weighted by Crippen LogP contribution is -2.41. The third-order valence-corrected chi connectivity index (χ3v) is 15.1. The average Bonchev–Trinajstić information content (AvgIpc) is 3.05. The van der Waals surface area contributed by atoms with Crippen molar-refractivity contribution in [3.63, 3.8) is 0 Å². The van der Waals surface area contributed by atoms with Gasteiger partial charge in [-0.05, 0) is 0 Å². The summed E-state index contributed by atoms with van der Waals surface area (Å²) in [6.07, 6.45) is 43.0. The Hall–Kier alpha value is -1.10. The van der Waals surface area contributed by atoms with Gasteiger partial charge in [0.1, 0.15) is 0 Å². The van der Waals surface area contributed by atoms with Crippen LogP contribution in [0.25, 0.3) is 0 Å². The molecule has 0 aliphatic rings. The zero-order valence-electron chi connectivity index (χ0n) is 31.4. The van der Waals surface area contributed by atoms with Crippen LogP contribution in [-0.2, 0) is 14.3 Å². The highest BCUT2D eigenvalue weighted by atomic mass is 28.3. The first kappa shape index (κ1) is 44.9. The standard InChI is InChI=1S/C41H80O4Si/c1-4-7-10-13-16-19-22-25-28-31-36-46(39-45-41(44)35-34-40(42)43,37-32-29-26-23-20-17-14-11-8-5-2)38-33-30-27-24-21-18-15-12-9-6-3/h34-35H,4-33,36-39H2,1-3H3,(H,42,43)/b35-34+. The van der Waals surface area contributed by atoms with Crippen molar-refractivity contribution in [3.05, 3.63) is 12.2 Å². The predicted octanol–water partition coefficient (Wildman–Crippen LogP) is 13.9. The minimum Gasteiger partial charge on any atom is -0.478 e. The largest absolute Gasteiger partial charge is 0.478 e. The van der Waals surface area contributed by atoms with Gasteiger partial charge in [0.25, 0.3) is 0 Å². The van der Waals surface area contributed by atoms with Gasteiger partial charge in [0.2, 0.25) is 0 Å². The molecule has 0 aliphatic carbocycles. The molecule has 0 unspecified atom stereocenters. The molecule has 0 atom stereocenters. The van der Waals surface area contributed by atoms with E-state index in [1.54, 1.807) is 0 Å². The Balaban J connectivity index is 4.99. The fraction of sp³-hybridized carbons (Fsp3) is 0.902. The summed E-state index contributed by atoms with van der Waals surface area (Å²) >= 11 is 0. The van der Waals surface area contributed by atoms with Crippen LogP contribution in [0.5, 0.6) is 0 Å². The highest BCUT2D eigenvalue weighted by Gasteiger charge is 2.33. The van der Waals surface area contributed by atoms with Crippen molar-refractivity contribution in [1.82, 2.24) is 0 Å². The maximum absolute atomic E-state index is 12.5. The Morgan fingerprint density at radius 3 is 0.957 bits per heavy atom. The molecule has 0 bridgehead atoms. The monoisotopic (exact) mass is 665 g/mol. The van der Waals surface area contributed by atoms with Gasteiger partial charge in [-0.15, -0.1) is 0 Å². The van der Waals surface area contributed by atoms with Gasteiger partial charge in [0.05, 0.1) is 14.3 Å². The van der Waals surface area contributed by atoms with Gasteiger partial charge in [-0.2, -0.15) is 0 Å². The van der Waals surface area contributed by atoms with Crippen LogP contribution in [0.2, 0.25) is 18.1 Å². The Morgan fingerprint density at radius 1 is 0.435 bits per heavy atom. The van der Waals surface area contributed by atoms with Gasteiger partial charge >= 0.3 is 11.9 Å². The number of hydrogen-bond donors (Lipinski definition) is 1. The van der Waals surface area contributed by atoms with Gasteiger partial charge in [-0.3, -0.25) is 0 Å². The molecule has 0 fully saturated rings. The number of carboxylic acids is 1. The zero-order chi connectivity index (χ0) is 33.8. The molecule has 0 radical (unpaired) electrons. The highest BCUT2D eigenvalue weighted by molar-refractivity contribution is 6.79. The average molecular weight is 665 g/mol. The van der Waals surface area contributed by atoms with E-state index in [1.165, 1.54) is 211 Å². The molecule has 0 spiro atoms. The van der Waals surface area contributed by atoms with Crippen LogP contribution in [0.1, 0.15) is 213 Å². The van der Waals surface area contributed by atoms with Crippen LogP contribution >= 0.6 is 0 Å². The first-order chi connectivity index (χ1) is 22.5. The number of aliphatic carboxylic acids is 1. The lowest BCUT2D eigenvalue weighted by molar-refractivity contribution is -0.137. The molecule has 1 N–H and O–H groups in total. The molecule has 4 nitrogen and oxygen atoms in total. The molecule has 46 heavy (non-hydrogen) atoms. The van der Waals surface area contributed by atoms with Gasteiger partial charge in [-0.1, -0.05) is 232 Å². The van der Waals surface area contributed by atoms with Crippen LogP contribution < -0.4 is 0 Å². The normalized spacial score (nSPS) is 11.9. The Kier molecular flexibility index (Phi) is 34.4. The number of carbonyl (C=O) groups excluding carboxylic acids is 1. The number of esters is 1. The van der Waals surface area contributed by atoms with Gasteiger partial charge in [0.15, 0.2) is 0 Å². The summed E-state index contributed by atoms with van der Waals surface area (Å²) in [6, 6.07) is 3.77. The van der Waals surface area contributed by atoms with Gasteiger partial charge < -0.3 is 9.84 Å². The SMILES string of the molecule is CCCCCCCCCCCC[Si](CCCCCCCCCCCC)(CCCCCCCCCCCC)COC(=O)/C=C/C(=O)O. The van der Waals surface area contributed by atoms with Crippen molar-refractivity contribution in [2.24, 2.45) is 0 Å². The summed E-state index contributed by atoms with van der Waals surface area (Å²) < 4.78 is 5.86. The van der Waals surface area contributed by atoms with Crippen molar-refractivity contribution in [1.29, 1.82) is 0 Å². The Labute approximate surface area is 288 Å². The van der Waals surface area contributed by atoms with Crippen LogP contribution in [0.15, 0.2) is 12.2 Å². The van der Waals surface area contributed by atoms with E-state index in [4.69, 9.17) is 9.84 Å².